The first kappa shape index (κ1) is 24.0. The highest BCUT2D eigenvalue weighted by molar-refractivity contribution is 7.89. The van der Waals surface area contributed by atoms with E-state index in [1.54, 1.807) is 0 Å². The van der Waals surface area contributed by atoms with E-state index < -0.39 is 77.2 Å². The molecule has 31 heavy (non-hydrogen) atoms. The Labute approximate surface area is 169 Å². The smallest absolute Gasteiger partial charge is 0.258 e. The molecule has 0 atom stereocenters. The minimum Gasteiger partial charge on any atom is -0.258 e. The van der Waals surface area contributed by atoms with E-state index in [0.717, 1.165) is 0 Å². The van der Waals surface area contributed by atoms with Crippen LogP contribution >= 0.6 is 0 Å². The number of nitro groups is 2. The lowest BCUT2D eigenvalue weighted by atomic mass is 10.1. The van der Waals surface area contributed by atoms with Crippen LogP contribution in [0, 0.1) is 20.2 Å². The molecule has 0 N–H and O–H groups in total. The molecule has 0 fully saturated rings. The van der Waals surface area contributed by atoms with Crippen molar-refractivity contribution in [3.05, 3.63) is 78.9 Å². The van der Waals surface area contributed by atoms with E-state index in [9.17, 15) is 55.0 Å². The molecule has 168 valence electrons. The fourth-order valence-electron chi connectivity index (χ4n) is 2.59. The van der Waals surface area contributed by atoms with Gasteiger partial charge >= 0.3 is 12.4 Å². The summed E-state index contributed by atoms with van der Waals surface area (Å²) in [6.07, 6.45) is -9.86. The molecule has 0 saturated carbocycles. The Morgan fingerprint density at radius 1 is 0.710 bits per heavy atom. The topological polar surface area (TPSA) is 120 Å². The summed E-state index contributed by atoms with van der Waals surface area (Å²) < 4.78 is 101. The van der Waals surface area contributed by atoms with E-state index in [-0.39, 0.29) is 12.1 Å². The van der Waals surface area contributed by atoms with Crippen LogP contribution in [-0.4, -0.2) is 18.3 Å². The number of halogens is 6. The Morgan fingerprint density at radius 3 is 1.29 bits per heavy atom. The molecule has 0 heterocycles. The monoisotopic (exact) mass is 472 g/mol. The third kappa shape index (κ3) is 5.90. The average molecular weight is 472 g/mol. The Bertz CT molecular complexity index is 1060. The number of nitro benzene ring substituents is 2. The molecule has 0 unspecified atom stereocenters. The van der Waals surface area contributed by atoms with Gasteiger partial charge in [-0.3, -0.25) is 20.2 Å². The molecule has 0 radical (unpaired) electrons. The molecule has 2 aromatic rings. The Kier molecular flexibility index (Phi) is 6.30. The standard InChI is InChI=1S/C16H10F6N2O6S/c17-15(18,19)11-3-1-9(13(5-11)23(25)26)7-31(29,30)8-10-2-4-12(16(20,21)22)6-14(10)24(27)28/h1-6H,7-8H2. The largest absolute Gasteiger partial charge is 0.416 e. The fraction of sp³-hybridized carbons (Fsp3) is 0.250. The highest BCUT2D eigenvalue weighted by Crippen LogP contribution is 2.35. The van der Waals surface area contributed by atoms with E-state index >= 15 is 0 Å². The normalized spacial score (nSPS) is 12.6. The van der Waals surface area contributed by atoms with Crippen LogP contribution in [0.2, 0.25) is 0 Å². The van der Waals surface area contributed by atoms with Crippen molar-refractivity contribution in [1.29, 1.82) is 0 Å². The number of benzene rings is 2. The molecule has 8 nitrogen and oxygen atoms in total. The van der Waals surface area contributed by atoms with Gasteiger partial charge in [-0.1, -0.05) is 12.1 Å². The van der Waals surface area contributed by atoms with E-state index in [4.69, 9.17) is 0 Å². The van der Waals surface area contributed by atoms with Crippen molar-refractivity contribution in [3.8, 4) is 0 Å². The molecule has 0 bridgehead atoms. The van der Waals surface area contributed by atoms with Gasteiger partial charge in [-0.25, -0.2) is 8.42 Å². The first-order chi connectivity index (χ1) is 14.0. The summed E-state index contributed by atoms with van der Waals surface area (Å²) in [4.78, 5) is 19.7. The number of sulfone groups is 1. The highest BCUT2D eigenvalue weighted by atomic mass is 32.2. The molecule has 2 rings (SSSR count). The zero-order valence-corrected chi connectivity index (χ0v) is 15.7. The lowest BCUT2D eigenvalue weighted by molar-refractivity contribution is -0.385. The van der Waals surface area contributed by atoms with Gasteiger partial charge in [-0.15, -0.1) is 0 Å². The van der Waals surface area contributed by atoms with Crippen LogP contribution in [0.25, 0.3) is 0 Å². The van der Waals surface area contributed by atoms with Gasteiger partial charge in [-0.2, -0.15) is 26.3 Å². The van der Waals surface area contributed by atoms with Crippen molar-refractivity contribution in [1.82, 2.24) is 0 Å². The summed E-state index contributed by atoms with van der Waals surface area (Å²) in [6, 6.07) is 2.31. The van der Waals surface area contributed by atoms with Gasteiger partial charge < -0.3 is 0 Å². The predicted octanol–water partition coefficient (Wildman–Crippen LogP) is 4.66. The first-order valence-electron chi connectivity index (χ1n) is 7.91. The molecule has 0 amide bonds. The lowest BCUT2D eigenvalue weighted by Gasteiger charge is -2.11. The van der Waals surface area contributed by atoms with E-state index in [1.807, 2.05) is 0 Å². The number of hydrogen-bond acceptors (Lipinski definition) is 6. The Morgan fingerprint density at radius 2 is 1.03 bits per heavy atom. The molecule has 0 spiro atoms. The van der Waals surface area contributed by atoms with Crippen LogP contribution in [0.1, 0.15) is 22.3 Å². The minimum absolute atomic E-state index is 0.144. The maximum atomic E-state index is 12.7. The summed E-state index contributed by atoms with van der Waals surface area (Å²) in [7, 11) is -4.47. The van der Waals surface area contributed by atoms with Crippen molar-refractivity contribution >= 4 is 21.2 Å². The molecule has 0 aliphatic carbocycles. The second-order valence-electron chi connectivity index (χ2n) is 6.23. The molecule has 0 saturated heterocycles. The van der Waals surface area contributed by atoms with Gasteiger partial charge in [0.25, 0.3) is 11.4 Å². The quantitative estimate of drug-likeness (QED) is 0.343. The molecule has 2 aromatic carbocycles. The maximum Gasteiger partial charge on any atom is 0.416 e. The average Bonchev–Trinajstić information content (AvgIpc) is 2.59. The van der Waals surface area contributed by atoms with Crippen molar-refractivity contribution < 1.29 is 44.6 Å². The van der Waals surface area contributed by atoms with Gasteiger partial charge in [0, 0.05) is 23.3 Å². The van der Waals surface area contributed by atoms with Crippen molar-refractivity contribution in [2.45, 2.75) is 23.9 Å². The second kappa shape index (κ2) is 8.13. The molecule has 15 heteroatoms. The number of rotatable bonds is 6. The van der Waals surface area contributed by atoms with Crippen LogP contribution in [0.4, 0.5) is 37.7 Å². The van der Waals surface area contributed by atoms with Crippen molar-refractivity contribution in [2.24, 2.45) is 0 Å². The first-order valence-corrected chi connectivity index (χ1v) is 9.73. The summed E-state index contributed by atoms with van der Waals surface area (Å²) in [5, 5.41) is 22.1. The third-order valence-corrected chi connectivity index (χ3v) is 5.47. The molecule has 0 aliphatic rings. The molecule has 0 aliphatic heterocycles. The van der Waals surface area contributed by atoms with E-state index in [2.05, 4.69) is 0 Å². The van der Waals surface area contributed by atoms with Crippen LogP contribution in [0.15, 0.2) is 36.4 Å². The summed E-state index contributed by atoms with van der Waals surface area (Å²) in [5.41, 5.74) is -6.29. The predicted molar refractivity (Wildman–Crippen MR) is 92.5 cm³/mol. The van der Waals surface area contributed by atoms with Crippen LogP contribution in [-0.2, 0) is 33.7 Å². The van der Waals surface area contributed by atoms with Crippen LogP contribution < -0.4 is 0 Å². The molecular weight excluding hydrogens is 462 g/mol. The van der Waals surface area contributed by atoms with Crippen molar-refractivity contribution in [3.63, 3.8) is 0 Å². The van der Waals surface area contributed by atoms with Gasteiger partial charge in [0.2, 0.25) is 0 Å². The Hall–Kier alpha value is -3.23. The van der Waals surface area contributed by atoms with Gasteiger partial charge in [0.05, 0.1) is 32.5 Å². The number of alkyl halides is 6. The second-order valence-corrected chi connectivity index (χ2v) is 8.29. The summed E-state index contributed by atoms with van der Waals surface area (Å²) in [5.74, 6) is -2.33. The zero-order valence-electron chi connectivity index (χ0n) is 14.9. The minimum atomic E-state index is -4.93. The van der Waals surface area contributed by atoms with Gasteiger partial charge in [-0.05, 0) is 12.1 Å². The zero-order chi connectivity index (χ0) is 23.8. The number of nitrogens with zero attached hydrogens (tertiary/aromatic N) is 2. The van der Waals surface area contributed by atoms with Gasteiger partial charge in [0.15, 0.2) is 9.84 Å². The Balaban J connectivity index is 2.43. The van der Waals surface area contributed by atoms with Gasteiger partial charge in [0.1, 0.15) is 0 Å². The van der Waals surface area contributed by atoms with Crippen LogP contribution in [0.3, 0.4) is 0 Å². The maximum absolute atomic E-state index is 12.7. The lowest BCUT2D eigenvalue weighted by Crippen LogP contribution is -2.13. The number of hydrogen-bond donors (Lipinski definition) is 0. The van der Waals surface area contributed by atoms with E-state index in [1.165, 1.54) is 0 Å². The van der Waals surface area contributed by atoms with E-state index in [0.29, 0.717) is 24.3 Å². The molecule has 0 aromatic heterocycles. The van der Waals surface area contributed by atoms with Crippen LogP contribution in [0.5, 0.6) is 0 Å². The van der Waals surface area contributed by atoms with Crippen molar-refractivity contribution in [2.75, 3.05) is 0 Å². The summed E-state index contributed by atoms with van der Waals surface area (Å²) in [6.45, 7) is 0. The third-order valence-electron chi connectivity index (χ3n) is 3.97. The highest BCUT2D eigenvalue weighted by Gasteiger charge is 2.35. The molecular formula is C16H10F6N2O6S. The summed E-state index contributed by atoms with van der Waals surface area (Å²) >= 11 is 0. The SMILES string of the molecule is O=[N+]([O-])c1cc(C(F)(F)F)ccc1CS(=O)(=O)Cc1ccc(C(F)(F)F)cc1[N+](=O)[O-]. The fourth-order valence-corrected chi connectivity index (χ4v) is 4.13.